The van der Waals surface area contributed by atoms with Gasteiger partial charge in [0.05, 0.1) is 25.4 Å². The second-order valence-electron chi connectivity index (χ2n) is 4.47. The Morgan fingerprint density at radius 2 is 2.06 bits per heavy atom. The maximum absolute atomic E-state index is 6.05. The van der Waals surface area contributed by atoms with E-state index in [-0.39, 0.29) is 6.10 Å². The lowest BCUT2D eigenvalue weighted by Gasteiger charge is -2.13. The molecule has 94 valence electrons. The summed E-state index contributed by atoms with van der Waals surface area (Å²) < 4.78 is 11.5. The van der Waals surface area contributed by atoms with Crippen molar-refractivity contribution < 1.29 is 9.47 Å². The molecule has 0 amide bonds. The Morgan fingerprint density at radius 3 is 2.76 bits per heavy atom. The van der Waals surface area contributed by atoms with Crippen LogP contribution in [0.15, 0.2) is 24.3 Å². The average molecular weight is 255 g/mol. The standard InChI is InChI=1S/C14H19ClO2/c1-2-12-7-8-13(17-12)10-16-9-11-5-3-4-6-14(11)15/h3-6,12-13H,2,7-10H2,1H3. The van der Waals surface area contributed by atoms with E-state index in [2.05, 4.69) is 6.92 Å². The molecular formula is C14H19ClO2. The fraction of sp³-hybridized carbons (Fsp3) is 0.571. The Hall–Kier alpha value is -0.570. The van der Waals surface area contributed by atoms with E-state index in [1.807, 2.05) is 24.3 Å². The maximum Gasteiger partial charge on any atom is 0.0813 e. The van der Waals surface area contributed by atoms with Crippen LogP contribution in [0.5, 0.6) is 0 Å². The number of benzene rings is 1. The van der Waals surface area contributed by atoms with Crippen molar-refractivity contribution in [3.8, 4) is 0 Å². The number of ether oxygens (including phenoxy) is 2. The molecule has 0 spiro atoms. The van der Waals surface area contributed by atoms with Crippen LogP contribution in [0.2, 0.25) is 5.02 Å². The van der Waals surface area contributed by atoms with Crippen LogP contribution >= 0.6 is 11.6 Å². The zero-order valence-corrected chi connectivity index (χ0v) is 11.0. The summed E-state index contributed by atoms with van der Waals surface area (Å²) >= 11 is 6.05. The van der Waals surface area contributed by atoms with Gasteiger partial charge in [-0.1, -0.05) is 36.7 Å². The summed E-state index contributed by atoms with van der Waals surface area (Å²) in [5.41, 5.74) is 1.04. The van der Waals surface area contributed by atoms with Gasteiger partial charge in [0.25, 0.3) is 0 Å². The predicted molar refractivity (Wildman–Crippen MR) is 69.3 cm³/mol. The largest absolute Gasteiger partial charge is 0.374 e. The van der Waals surface area contributed by atoms with Gasteiger partial charge in [-0.05, 0) is 30.9 Å². The fourth-order valence-corrected chi connectivity index (χ4v) is 2.31. The van der Waals surface area contributed by atoms with Crippen LogP contribution in [0.4, 0.5) is 0 Å². The highest BCUT2D eigenvalue weighted by molar-refractivity contribution is 6.31. The Balaban J connectivity index is 1.72. The van der Waals surface area contributed by atoms with Gasteiger partial charge >= 0.3 is 0 Å². The molecule has 1 fully saturated rings. The van der Waals surface area contributed by atoms with Gasteiger partial charge in [0, 0.05) is 5.02 Å². The number of rotatable bonds is 5. The molecule has 0 saturated carbocycles. The monoisotopic (exact) mass is 254 g/mol. The van der Waals surface area contributed by atoms with Crippen molar-refractivity contribution in [1.29, 1.82) is 0 Å². The van der Waals surface area contributed by atoms with Gasteiger partial charge in [-0.25, -0.2) is 0 Å². The third-order valence-electron chi connectivity index (χ3n) is 3.17. The summed E-state index contributed by atoms with van der Waals surface area (Å²) in [5.74, 6) is 0. The van der Waals surface area contributed by atoms with Gasteiger partial charge in [-0.3, -0.25) is 0 Å². The normalized spacial score (nSPS) is 24.1. The van der Waals surface area contributed by atoms with E-state index >= 15 is 0 Å². The first-order valence-corrected chi connectivity index (χ1v) is 6.64. The van der Waals surface area contributed by atoms with Crippen LogP contribution in [0.1, 0.15) is 31.7 Å². The second-order valence-corrected chi connectivity index (χ2v) is 4.88. The summed E-state index contributed by atoms with van der Waals surface area (Å²) in [6, 6.07) is 7.79. The zero-order valence-electron chi connectivity index (χ0n) is 10.2. The van der Waals surface area contributed by atoms with E-state index in [0.29, 0.717) is 19.3 Å². The van der Waals surface area contributed by atoms with Crippen molar-refractivity contribution >= 4 is 11.6 Å². The highest BCUT2D eigenvalue weighted by atomic mass is 35.5. The lowest BCUT2D eigenvalue weighted by atomic mass is 10.2. The summed E-state index contributed by atoms with van der Waals surface area (Å²) in [7, 11) is 0. The molecule has 1 aromatic carbocycles. The van der Waals surface area contributed by atoms with Crippen LogP contribution < -0.4 is 0 Å². The second kappa shape index (κ2) is 6.39. The summed E-state index contributed by atoms with van der Waals surface area (Å²) in [6.45, 7) is 3.40. The van der Waals surface area contributed by atoms with Gasteiger partial charge in [0.15, 0.2) is 0 Å². The van der Waals surface area contributed by atoms with Gasteiger partial charge in [0.2, 0.25) is 0 Å². The first-order valence-electron chi connectivity index (χ1n) is 6.26. The highest BCUT2D eigenvalue weighted by Gasteiger charge is 2.23. The minimum atomic E-state index is 0.266. The van der Waals surface area contributed by atoms with E-state index in [1.54, 1.807) is 0 Å². The number of hydrogen-bond donors (Lipinski definition) is 0. The third kappa shape index (κ3) is 3.70. The topological polar surface area (TPSA) is 18.5 Å². The zero-order chi connectivity index (χ0) is 12.1. The molecule has 1 aromatic rings. The molecule has 2 rings (SSSR count). The molecule has 17 heavy (non-hydrogen) atoms. The minimum Gasteiger partial charge on any atom is -0.374 e. The molecule has 1 aliphatic heterocycles. The van der Waals surface area contributed by atoms with Gasteiger partial charge in [-0.15, -0.1) is 0 Å². The van der Waals surface area contributed by atoms with Crippen LogP contribution in [-0.4, -0.2) is 18.8 Å². The van der Waals surface area contributed by atoms with E-state index in [4.69, 9.17) is 21.1 Å². The van der Waals surface area contributed by atoms with Crippen LogP contribution in [0.25, 0.3) is 0 Å². The first kappa shape index (κ1) is 12.9. The molecule has 1 saturated heterocycles. The number of halogens is 1. The molecule has 0 bridgehead atoms. The molecule has 2 atom stereocenters. The highest BCUT2D eigenvalue weighted by Crippen LogP contribution is 2.22. The SMILES string of the molecule is CCC1CCC(COCc2ccccc2Cl)O1. The predicted octanol–water partition coefficient (Wildman–Crippen LogP) is 3.81. The lowest BCUT2D eigenvalue weighted by molar-refractivity contribution is -0.0203. The van der Waals surface area contributed by atoms with Crippen molar-refractivity contribution in [3.63, 3.8) is 0 Å². The third-order valence-corrected chi connectivity index (χ3v) is 3.54. The molecular weight excluding hydrogens is 236 g/mol. The quantitative estimate of drug-likeness (QED) is 0.796. The minimum absolute atomic E-state index is 0.266. The van der Waals surface area contributed by atoms with E-state index in [1.165, 1.54) is 0 Å². The van der Waals surface area contributed by atoms with Crippen molar-refractivity contribution in [3.05, 3.63) is 34.9 Å². The van der Waals surface area contributed by atoms with Gasteiger partial charge < -0.3 is 9.47 Å². The van der Waals surface area contributed by atoms with Crippen molar-refractivity contribution in [1.82, 2.24) is 0 Å². The molecule has 0 aromatic heterocycles. The fourth-order valence-electron chi connectivity index (χ4n) is 2.12. The summed E-state index contributed by atoms with van der Waals surface area (Å²) in [4.78, 5) is 0. The average Bonchev–Trinajstić information content (AvgIpc) is 2.80. The van der Waals surface area contributed by atoms with E-state index in [9.17, 15) is 0 Å². The van der Waals surface area contributed by atoms with Crippen molar-refractivity contribution in [2.75, 3.05) is 6.61 Å². The smallest absolute Gasteiger partial charge is 0.0813 e. The van der Waals surface area contributed by atoms with Gasteiger partial charge in [0.1, 0.15) is 0 Å². The van der Waals surface area contributed by atoms with Crippen LogP contribution in [0.3, 0.4) is 0 Å². The Kier molecular flexibility index (Phi) is 4.84. The number of hydrogen-bond acceptors (Lipinski definition) is 2. The van der Waals surface area contributed by atoms with Crippen LogP contribution in [-0.2, 0) is 16.1 Å². The first-order chi connectivity index (χ1) is 8.29. The van der Waals surface area contributed by atoms with Crippen molar-refractivity contribution in [2.45, 2.75) is 45.0 Å². The molecule has 0 radical (unpaired) electrons. The van der Waals surface area contributed by atoms with Crippen molar-refractivity contribution in [2.24, 2.45) is 0 Å². The Labute approximate surface area is 108 Å². The van der Waals surface area contributed by atoms with E-state index < -0.39 is 0 Å². The summed E-state index contributed by atoms with van der Waals surface area (Å²) in [6.07, 6.45) is 4.07. The molecule has 2 nitrogen and oxygen atoms in total. The molecule has 0 aliphatic carbocycles. The Bertz CT molecular complexity index is 354. The van der Waals surface area contributed by atoms with Crippen LogP contribution in [0, 0.1) is 0 Å². The molecule has 2 unspecified atom stereocenters. The molecule has 1 heterocycles. The maximum atomic E-state index is 6.05. The van der Waals surface area contributed by atoms with Gasteiger partial charge in [-0.2, -0.15) is 0 Å². The van der Waals surface area contributed by atoms with E-state index in [0.717, 1.165) is 29.8 Å². The molecule has 1 aliphatic rings. The lowest BCUT2D eigenvalue weighted by Crippen LogP contribution is -2.16. The Morgan fingerprint density at radius 1 is 1.29 bits per heavy atom. The molecule has 3 heteroatoms. The summed E-state index contributed by atoms with van der Waals surface area (Å²) in [5, 5.41) is 0.770. The molecule has 0 N–H and O–H groups in total.